The van der Waals surface area contributed by atoms with Crippen LogP contribution in [-0.4, -0.2) is 34.5 Å². The lowest BCUT2D eigenvalue weighted by molar-refractivity contribution is -0.126. The third kappa shape index (κ3) is 5.70. The van der Waals surface area contributed by atoms with Gasteiger partial charge in [0.2, 0.25) is 5.91 Å². The number of hydrogen-bond donors (Lipinski definition) is 0. The standard InChI is InChI=1S/C23H27N3O2S/c1-4-5-6-21-22(27)26(16-19-11-13-20(28-3)14-12-19)23(29-21)25-24-15-18-9-7-17(2)8-10-18/h7-15,21H,4-6,16H2,1-3H3/b24-15-,25-23-/t21-/m1/s1. The molecule has 0 aromatic heterocycles. The van der Waals surface area contributed by atoms with Crippen LogP contribution in [0.4, 0.5) is 0 Å². The van der Waals surface area contributed by atoms with Gasteiger partial charge in [0.1, 0.15) is 5.75 Å². The molecule has 0 N–H and O–H groups in total. The molecule has 0 aliphatic carbocycles. The number of ether oxygens (including phenoxy) is 1. The van der Waals surface area contributed by atoms with Crippen molar-refractivity contribution in [1.82, 2.24) is 4.90 Å². The summed E-state index contributed by atoms with van der Waals surface area (Å²) < 4.78 is 5.22. The highest BCUT2D eigenvalue weighted by molar-refractivity contribution is 8.15. The molecule has 29 heavy (non-hydrogen) atoms. The normalized spacial score (nSPS) is 18.2. The van der Waals surface area contributed by atoms with Crippen LogP contribution in [0.25, 0.3) is 0 Å². The van der Waals surface area contributed by atoms with E-state index in [9.17, 15) is 4.79 Å². The molecule has 1 saturated heterocycles. The van der Waals surface area contributed by atoms with E-state index in [1.54, 1.807) is 18.2 Å². The summed E-state index contributed by atoms with van der Waals surface area (Å²) >= 11 is 1.52. The van der Waals surface area contributed by atoms with Gasteiger partial charge in [-0.05, 0) is 36.6 Å². The largest absolute Gasteiger partial charge is 0.497 e. The number of methoxy groups -OCH3 is 1. The van der Waals surface area contributed by atoms with Gasteiger partial charge in [0.05, 0.1) is 25.1 Å². The first-order chi connectivity index (χ1) is 14.1. The number of benzene rings is 2. The molecule has 1 amide bonds. The van der Waals surface area contributed by atoms with E-state index in [2.05, 4.69) is 24.1 Å². The maximum atomic E-state index is 13.0. The maximum absolute atomic E-state index is 13.0. The van der Waals surface area contributed by atoms with Gasteiger partial charge in [-0.25, -0.2) is 0 Å². The number of amides is 1. The molecule has 2 aromatic rings. The number of rotatable bonds is 8. The van der Waals surface area contributed by atoms with Crippen molar-refractivity contribution in [1.29, 1.82) is 0 Å². The molecule has 6 heteroatoms. The van der Waals surface area contributed by atoms with Gasteiger partial charge in [0, 0.05) is 0 Å². The lowest BCUT2D eigenvalue weighted by atomic mass is 10.1. The number of amidine groups is 1. The van der Waals surface area contributed by atoms with Crippen molar-refractivity contribution in [2.75, 3.05) is 7.11 Å². The maximum Gasteiger partial charge on any atom is 0.242 e. The highest BCUT2D eigenvalue weighted by atomic mass is 32.2. The van der Waals surface area contributed by atoms with E-state index in [4.69, 9.17) is 4.74 Å². The zero-order chi connectivity index (χ0) is 20.6. The van der Waals surface area contributed by atoms with Crippen LogP contribution in [0.15, 0.2) is 58.7 Å². The quantitative estimate of drug-likeness (QED) is 0.454. The monoisotopic (exact) mass is 409 g/mol. The minimum Gasteiger partial charge on any atom is -0.497 e. The van der Waals surface area contributed by atoms with Crippen molar-refractivity contribution in [2.24, 2.45) is 10.2 Å². The molecule has 1 heterocycles. The van der Waals surface area contributed by atoms with Gasteiger partial charge in [-0.1, -0.05) is 73.5 Å². The number of carbonyl (C=O) groups is 1. The smallest absolute Gasteiger partial charge is 0.242 e. The fraction of sp³-hybridized carbons (Fsp3) is 0.348. The molecule has 1 aliphatic heterocycles. The first-order valence-corrected chi connectivity index (χ1v) is 10.8. The molecule has 1 fully saturated rings. The Balaban J connectivity index is 1.78. The Bertz CT molecular complexity index is 876. The van der Waals surface area contributed by atoms with Crippen LogP contribution in [0.5, 0.6) is 5.75 Å². The predicted octanol–water partition coefficient (Wildman–Crippen LogP) is 5.03. The second-order valence-electron chi connectivity index (χ2n) is 7.06. The van der Waals surface area contributed by atoms with E-state index in [1.165, 1.54) is 17.3 Å². The van der Waals surface area contributed by atoms with Crippen LogP contribution in [0.1, 0.15) is 42.9 Å². The Labute approximate surface area is 176 Å². The number of thioether (sulfide) groups is 1. The predicted molar refractivity (Wildman–Crippen MR) is 121 cm³/mol. The molecule has 0 bridgehead atoms. The zero-order valence-electron chi connectivity index (χ0n) is 17.2. The molecular weight excluding hydrogens is 382 g/mol. The lowest BCUT2D eigenvalue weighted by Gasteiger charge is -2.16. The van der Waals surface area contributed by atoms with Crippen LogP contribution < -0.4 is 4.74 Å². The molecule has 5 nitrogen and oxygen atoms in total. The van der Waals surface area contributed by atoms with Crippen LogP contribution in [0, 0.1) is 6.92 Å². The molecule has 1 aliphatic rings. The second-order valence-corrected chi connectivity index (χ2v) is 8.23. The van der Waals surface area contributed by atoms with Gasteiger partial charge >= 0.3 is 0 Å². The van der Waals surface area contributed by atoms with E-state index in [-0.39, 0.29) is 11.2 Å². The van der Waals surface area contributed by atoms with Crippen molar-refractivity contribution < 1.29 is 9.53 Å². The van der Waals surface area contributed by atoms with Gasteiger partial charge in [-0.15, -0.1) is 5.10 Å². The first-order valence-electron chi connectivity index (χ1n) is 9.89. The molecule has 0 spiro atoms. The van der Waals surface area contributed by atoms with E-state index < -0.39 is 0 Å². The molecule has 0 saturated carbocycles. The SMILES string of the molecule is CCCC[C@H]1S/C(=N\N=C/c2ccc(C)cc2)N(Cc2ccc(OC)cc2)C1=O. The summed E-state index contributed by atoms with van der Waals surface area (Å²) in [6, 6.07) is 15.9. The van der Waals surface area contributed by atoms with E-state index in [0.29, 0.717) is 11.7 Å². The average molecular weight is 410 g/mol. The van der Waals surface area contributed by atoms with E-state index >= 15 is 0 Å². The van der Waals surface area contributed by atoms with Crippen LogP contribution in [0.2, 0.25) is 0 Å². The van der Waals surface area contributed by atoms with Gasteiger partial charge in [-0.2, -0.15) is 5.10 Å². The minimum absolute atomic E-state index is 0.0819. The first kappa shape index (κ1) is 21.1. The van der Waals surface area contributed by atoms with Gasteiger partial charge in [-0.3, -0.25) is 9.69 Å². The van der Waals surface area contributed by atoms with Crippen molar-refractivity contribution in [3.8, 4) is 5.75 Å². The van der Waals surface area contributed by atoms with Gasteiger partial charge in [0.25, 0.3) is 0 Å². The summed E-state index contributed by atoms with van der Waals surface area (Å²) in [7, 11) is 1.64. The van der Waals surface area contributed by atoms with E-state index in [1.807, 2.05) is 48.5 Å². The number of carbonyl (C=O) groups excluding carboxylic acids is 1. The highest BCUT2D eigenvalue weighted by Gasteiger charge is 2.37. The molecule has 0 radical (unpaired) electrons. The Kier molecular flexibility index (Phi) is 7.47. The van der Waals surface area contributed by atoms with Crippen molar-refractivity contribution in [3.63, 3.8) is 0 Å². The Morgan fingerprint density at radius 2 is 1.86 bits per heavy atom. The van der Waals surface area contributed by atoms with Crippen LogP contribution in [0.3, 0.4) is 0 Å². The summed E-state index contributed by atoms with van der Waals surface area (Å²) in [6.45, 7) is 4.67. The number of aryl methyl sites for hydroxylation is 1. The third-order valence-corrected chi connectivity index (χ3v) is 6.00. The average Bonchev–Trinajstić information content (AvgIpc) is 3.03. The third-order valence-electron chi connectivity index (χ3n) is 4.77. The van der Waals surface area contributed by atoms with Gasteiger partial charge < -0.3 is 4.74 Å². The summed E-state index contributed by atoms with van der Waals surface area (Å²) in [5.41, 5.74) is 3.22. The molecule has 152 valence electrons. The fourth-order valence-corrected chi connectivity index (χ4v) is 4.16. The number of hydrogen-bond acceptors (Lipinski definition) is 5. The van der Waals surface area contributed by atoms with Crippen molar-refractivity contribution in [3.05, 3.63) is 65.2 Å². The van der Waals surface area contributed by atoms with Crippen LogP contribution >= 0.6 is 11.8 Å². The molecule has 0 unspecified atom stereocenters. The zero-order valence-corrected chi connectivity index (χ0v) is 18.0. The highest BCUT2D eigenvalue weighted by Crippen LogP contribution is 2.32. The number of unbranched alkanes of at least 4 members (excludes halogenated alkanes) is 1. The Morgan fingerprint density at radius 1 is 1.14 bits per heavy atom. The van der Waals surface area contributed by atoms with Crippen molar-refractivity contribution >= 4 is 29.1 Å². The van der Waals surface area contributed by atoms with E-state index in [0.717, 1.165) is 36.1 Å². The summed E-state index contributed by atoms with van der Waals surface area (Å²) in [5, 5.41) is 9.22. The molecule has 2 aromatic carbocycles. The summed E-state index contributed by atoms with van der Waals surface area (Å²) in [6.07, 6.45) is 4.68. The second kappa shape index (κ2) is 10.3. The summed E-state index contributed by atoms with van der Waals surface area (Å²) in [4.78, 5) is 14.7. The summed E-state index contributed by atoms with van der Waals surface area (Å²) in [5.74, 6) is 0.914. The fourth-order valence-electron chi connectivity index (χ4n) is 3.02. The minimum atomic E-state index is -0.0819. The molecule has 3 rings (SSSR count). The Morgan fingerprint density at radius 3 is 2.52 bits per heavy atom. The molecule has 1 atom stereocenters. The lowest BCUT2D eigenvalue weighted by Crippen LogP contribution is -2.31. The number of nitrogens with zero attached hydrogens (tertiary/aromatic N) is 3. The molecular formula is C23H27N3O2S. The van der Waals surface area contributed by atoms with Gasteiger partial charge in [0.15, 0.2) is 5.17 Å². The Hall–Kier alpha value is -2.60. The topological polar surface area (TPSA) is 54.3 Å². The van der Waals surface area contributed by atoms with Crippen LogP contribution in [-0.2, 0) is 11.3 Å². The van der Waals surface area contributed by atoms with Crippen molar-refractivity contribution in [2.45, 2.75) is 44.9 Å².